The summed E-state index contributed by atoms with van der Waals surface area (Å²) >= 11 is 0. The molecule has 4 aromatic rings. The molecule has 0 saturated heterocycles. The Morgan fingerprint density at radius 2 is 1.94 bits per heavy atom. The quantitative estimate of drug-likeness (QED) is 0.433. The van der Waals surface area contributed by atoms with Gasteiger partial charge in [0.2, 0.25) is 5.91 Å². The van der Waals surface area contributed by atoms with Crippen LogP contribution in [0.25, 0.3) is 17.3 Å². The lowest BCUT2D eigenvalue weighted by molar-refractivity contribution is -0.116. The van der Waals surface area contributed by atoms with Crippen molar-refractivity contribution in [2.45, 2.75) is 20.0 Å². The Labute approximate surface area is 186 Å². The lowest BCUT2D eigenvalue weighted by Crippen LogP contribution is -2.20. The lowest BCUT2D eigenvalue weighted by Gasteiger charge is -2.04. The molecule has 0 unspecified atom stereocenters. The number of amides is 1. The zero-order valence-electron chi connectivity index (χ0n) is 17.7. The smallest absolute Gasteiger partial charge is 0.244 e. The summed E-state index contributed by atoms with van der Waals surface area (Å²) < 4.78 is 15.5. The van der Waals surface area contributed by atoms with Crippen molar-refractivity contribution in [3.05, 3.63) is 113 Å². The molecule has 2 aromatic carbocycles. The average Bonchev–Trinajstić information content (AvgIpc) is 3.22. The van der Waals surface area contributed by atoms with E-state index < -0.39 is 0 Å². The van der Waals surface area contributed by atoms with Crippen LogP contribution in [0.2, 0.25) is 0 Å². The second-order valence-electron chi connectivity index (χ2n) is 7.49. The van der Waals surface area contributed by atoms with Gasteiger partial charge in [0.25, 0.3) is 0 Å². The summed E-state index contributed by atoms with van der Waals surface area (Å²) in [7, 11) is 0. The van der Waals surface area contributed by atoms with Crippen LogP contribution in [-0.2, 0) is 17.9 Å². The molecule has 4 rings (SSSR count). The van der Waals surface area contributed by atoms with E-state index in [0.29, 0.717) is 17.7 Å². The molecule has 0 aliphatic carbocycles. The first kappa shape index (κ1) is 21.2. The summed E-state index contributed by atoms with van der Waals surface area (Å²) in [6, 6.07) is 18.8. The van der Waals surface area contributed by atoms with Crippen molar-refractivity contribution in [3.8, 4) is 11.3 Å². The first-order chi connectivity index (χ1) is 15.6. The molecule has 0 radical (unpaired) electrons. The maximum Gasteiger partial charge on any atom is 0.244 e. The van der Waals surface area contributed by atoms with Crippen molar-refractivity contribution in [2.24, 2.45) is 0 Å². The Morgan fingerprint density at radius 1 is 1.09 bits per heavy atom. The van der Waals surface area contributed by atoms with Crippen LogP contribution < -0.4 is 5.32 Å². The highest BCUT2D eigenvalue weighted by Gasteiger charge is 2.10. The second kappa shape index (κ2) is 9.83. The molecule has 0 bridgehead atoms. The highest BCUT2D eigenvalue weighted by Crippen LogP contribution is 2.23. The van der Waals surface area contributed by atoms with Gasteiger partial charge in [0.05, 0.1) is 6.54 Å². The normalized spacial score (nSPS) is 11.1. The van der Waals surface area contributed by atoms with Crippen LogP contribution in [0.3, 0.4) is 0 Å². The van der Waals surface area contributed by atoms with Crippen LogP contribution in [0.15, 0.2) is 85.3 Å². The van der Waals surface area contributed by atoms with E-state index in [1.807, 2.05) is 53.3 Å². The minimum absolute atomic E-state index is 0.253. The number of carbonyl (C=O) groups is 1. The predicted octanol–water partition coefficient (Wildman–Crippen LogP) is 4.77. The maximum atomic E-state index is 13.7. The Kier molecular flexibility index (Phi) is 6.51. The summed E-state index contributed by atoms with van der Waals surface area (Å²) in [4.78, 5) is 16.5. The van der Waals surface area contributed by atoms with Gasteiger partial charge in [0.1, 0.15) is 11.5 Å². The van der Waals surface area contributed by atoms with E-state index in [1.165, 1.54) is 12.1 Å². The second-order valence-corrected chi connectivity index (χ2v) is 7.49. The van der Waals surface area contributed by atoms with Crippen molar-refractivity contribution in [1.29, 1.82) is 0 Å². The van der Waals surface area contributed by atoms with E-state index in [-0.39, 0.29) is 18.3 Å². The molecule has 1 amide bonds. The van der Waals surface area contributed by atoms with Gasteiger partial charge in [-0.25, -0.2) is 4.39 Å². The topological polar surface area (TPSA) is 59.8 Å². The molecule has 32 heavy (non-hydrogen) atoms. The average molecular weight is 426 g/mol. The fourth-order valence-corrected chi connectivity index (χ4v) is 3.30. The molecule has 6 heteroatoms. The van der Waals surface area contributed by atoms with Gasteiger partial charge in [0, 0.05) is 42.3 Å². The summed E-state index contributed by atoms with van der Waals surface area (Å²) in [5.41, 5.74) is 4.85. The highest BCUT2D eigenvalue weighted by atomic mass is 19.1. The monoisotopic (exact) mass is 426 g/mol. The van der Waals surface area contributed by atoms with Crippen molar-refractivity contribution in [1.82, 2.24) is 20.1 Å². The van der Waals surface area contributed by atoms with Crippen molar-refractivity contribution in [3.63, 3.8) is 0 Å². The van der Waals surface area contributed by atoms with Crippen LogP contribution in [0.5, 0.6) is 0 Å². The molecule has 2 heterocycles. The molecule has 0 spiro atoms. The van der Waals surface area contributed by atoms with Gasteiger partial charge in [-0.3, -0.25) is 14.5 Å². The number of aryl methyl sites for hydroxylation is 1. The molecule has 2 aromatic heterocycles. The fraction of sp³-hybridized carbons (Fsp3) is 0.115. The summed E-state index contributed by atoms with van der Waals surface area (Å²) in [5.74, 6) is -0.543. The number of halogens is 1. The minimum Gasteiger partial charge on any atom is -0.348 e. The van der Waals surface area contributed by atoms with Crippen LogP contribution >= 0.6 is 0 Å². The zero-order valence-corrected chi connectivity index (χ0v) is 17.7. The molecule has 0 atom stereocenters. The Morgan fingerprint density at radius 3 is 2.69 bits per heavy atom. The number of hydrogen-bond acceptors (Lipinski definition) is 3. The highest BCUT2D eigenvalue weighted by molar-refractivity contribution is 5.92. The van der Waals surface area contributed by atoms with Crippen LogP contribution in [0, 0.1) is 12.7 Å². The SMILES string of the molecule is Cc1ccc(CNC(=O)/C=C/c2cn(Cc3ccccc3)nc2-c2cccnc2)cc1F. The van der Waals surface area contributed by atoms with Crippen LogP contribution in [0.4, 0.5) is 4.39 Å². The van der Waals surface area contributed by atoms with Gasteiger partial charge in [-0.1, -0.05) is 42.5 Å². The predicted molar refractivity (Wildman–Crippen MR) is 123 cm³/mol. The number of aromatic nitrogens is 3. The summed E-state index contributed by atoms with van der Waals surface area (Å²) in [6.45, 7) is 2.58. The number of pyridine rings is 1. The lowest BCUT2D eigenvalue weighted by atomic mass is 10.1. The van der Waals surface area contributed by atoms with E-state index in [1.54, 1.807) is 37.5 Å². The minimum atomic E-state index is -0.278. The van der Waals surface area contributed by atoms with Crippen molar-refractivity contribution >= 4 is 12.0 Å². The van der Waals surface area contributed by atoms with Gasteiger partial charge in [-0.2, -0.15) is 5.10 Å². The molecule has 5 nitrogen and oxygen atoms in total. The molecule has 0 saturated carbocycles. The third-order valence-corrected chi connectivity index (χ3v) is 5.03. The number of carbonyl (C=O) groups excluding carboxylic acids is 1. The number of nitrogens with zero attached hydrogens (tertiary/aromatic N) is 3. The zero-order chi connectivity index (χ0) is 22.3. The Balaban J connectivity index is 1.51. The van der Waals surface area contributed by atoms with Gasteiger partial charge >= 0.3 is 0 Å². The van der Waals surface area contributed by atoms with E-state index in [0.717, 1.165) is 22.4 Å². The fourth-order valence-electron chi connectivity index (χ4n) is 3.30. The van der Waals surface area contributed by atoms with Crippen LogP contribution in [0.1, 0.15) is 22.3 Å². The molecular weight excluding hydrogens is 403 g/mol. The van der Waals surface area contributed by atoms with Gasteiger partial charge < -0.3 is 5.32 Å². The summed E-state index contributed by atoms with van der Waals surface area (Å²) in [5, 5.41) is 7.51. The Bertz CT molecular complexity index is 1230. The van der Waals surface area contributed by atoms with E-state index in [2.05, 4.69) is 10.3 Å². The maximum absolute atomic E-state index is 13.7. The number of benzene rings is 2. The van der Waals surface area contributed by atoms with Gasteiger partial charge in [0.15, 0.2) is 0 Å². The molecule has 0 aliphatic heterocycles. The van der Waals surface area contributed by atoms with Gasteiger partial charge in [-0.05, 0) is 47.9 Å². The Hall–Kier alpha value is -4.06. The van der Waals surface area contributed by atoms with Crippen LogP contribution in [-0.4, -0.2) is 20.7 Å². The largest absolute Gasteiger partial charge is 0.348 e. The number of rotatable bonds is 7. The van der Waals surface area contributed by atoms with Crippen molar-refractivity contribution < 1.29 is 9.18 Å². The van der Waals surface area contributed by atoms with Gasteiger partial charge in [-0.15, -0.1) is 0 Å². The number of hydrogen-bond donors (Lipinski definition) is 1. The first-order valence-corrected chi connectivity index (χ1v) is 10.3. The number of nitrogens with one attached hydrogen (secondary N) is 1. The third kappa shape index (κ3) is 5.35. The van der Waals surface area contributed by atoms with E-state index in [4.69, 9.17) is 5.10 Å². The molecule has 160 valence electrons. The third-order valence-electron chi connectivity index (χ3n) is 5.03. The van der Waals surface area contributed by atoms with Crippen molar-refractivity contribution in [2.75, 3.05) is 0 Å². The molecular formula is C26H23FN4O. The first-order valence-electron chi connectivity index (χ1n) is 10.3. The van der Waals surface area contributed by atoms with E-state index in [9.17, 15) is 9.18 Å². The molecule has 1 N–H and O–H groups in total. The standard InChI is InChI=1S/C26H23FN4O/c1-19-9-10-21(14-24(19)27)15-29-25(32)12-11-23-18-31(17-20-6-3-2-4-7-20)30-26(23)22-8-5-13-28-16-22/h2-14,16,18H,15,17H2,1H3,(H,29,32)/b12-11+. The summed E-state index contributed by atoms with van der Waals surface area (Å²) in [6.07, 6.45) is 8.57. The van der Waals surface area contributed by atoms with E-state index >= 15 is 0 Å². The molecule has 0 aliphatic rings. The molecule has 0 fully saturated rings.